The molecule has 7 heteroatoms. The van der Waals surface area contributed by atoms with Gasteiger partial charge in [-0.15, -0.1) is 11.8 Å². The van der Waals surface area contributed by atoms with Crippen LogP contribution in [0.5, 0.6) is 5.75 Å². The minimum Gasteiger partial charge on any atom is -0.493 e. The maximum Gasteiger partial charge on any atom is 0.314 e. The van der Waals surface area contributed by atoms with Crippen LogP contribution in [0.15, 0.2) is 22.0 Å². The number of ether oxygens (including phenoxy) is 2. The van der Waals surface area contributed by atoms with E-state index in [1.807, 2.05) is 12.1 Å². The summed E-state index contributed by atoms with van der Waals surface area (Å²) in [6.45, 7) is 5.51. The van der Waals surface area contributed by atoms with Crippen LogP contribution in [0.3, 0.4) is 0 Å². The quantitative estimate of drug-likeness (QED) is 0.829. The molecule has 1 fully saturated rings. The summed E-state index contributed by atoms with van der Waals surface area (Å²) in [6, 6.07) is 3.78. The van der Waals surface area contributed by atoms with Crippen LogP contribution >= 0.6 is 11.8 Å². The normalized spacial score (nSPS) is 22.8. The molecule has 2 unspecified atom stereocenters. The number of hydrogen-bond acceptors (Lipinski definition) is 5. The van der Waals surface area contributed by atoms with Crippen molar-refractivity contribution in [2.45, 2.75) is 22.6 Å². The lowest BCUT2D eigenvalue weighted by Crippen LogP contribution is -2.45. The number of carbonyl (C=O) groups is 1. The SMILES string of the molecule is C=Nc1c(SC2COCC2NC(=O)NC)ccc2c1CCO2. The van der Waals surface area contributed by atoms with E-state index in [0.717, 1.165) is 28.3 Å². The van der Waals surface area contributed by atoms with Gasteiger partial charge in [0.05, 0.1) is 36.8 Å². The second kappa shape index (κ2) is 6.58. The molecule has 2 amide bonds. The average molecular weight is 321 g/mol. The van der Waals surface area contributed by atoms with E-state index in [9.17, 15) is 4.79 Å². The third-order valence-electron chi connectivity index (χ3n) is 3.82. The summed E-state index contributed by atoms with van der Waals surface area (Å²) in [5.74, 6) is 0.898. The second-order valence-corrected chi connectivity index (χ2v) is 6.45. The minimum atomic E-state index is -0.189. The molecule has 1 aromatic rings. The summed E-state index contributed by atoms with van der Waals surface area (Å²) in [6.07, 6.45) is 0.860. The van der Waals surface area contributed by atoms with Crippen LogP contribution in [0.25, 0.3) is 0 Å². The number of benzene rings is 1. The topological polar surface area (TPSA) is 72.0 Å². The van der Waals surface area contributed by atoms with Gasteiger partial charge in [-0.25, -0.2) is 4.79 Å². The van der Waals surface area contributed by atoms with Crippen LogP contribution in [0.2, 0.25) is 0 Å². The fraction of sp³-hybridized carbons (Fsp3) is 0.467. The van der Waals surface area contributed by atoms with Crippen LogP contribution < -0.4 is 15.4 Å². The molecule has 0 aromatic heterocycles. The molecule has 1 saturated heterocycles. The molecule has 2 N–H and O–H groups in total. The Balaban J connectivity index is 1.78. The van der Waals surface area contributed by atoms with Crippen LogP contribution in [0.4, 0.5) is 10.5 Å². The van der Waals surface area contributed by atoms with Crippen molar-refractivity contribution in [3.05, 3.63) is 17.7 Å². The zero-order valence-electron chi connectivity index (χ0n) is 12.4. The zero-order chi connectivity index (χ0) is 15.5. The highest BCUT2D eigenvalue weighted by Crippen LogP contribution is 2.43. The Hall–Kier alpha value is -1.73. The molecule has 0 radical (unpaired) electrons. The summed E-state index contributed by atoms with van der Waals surface area (Å²) in [5, 5.41) is 5.65. The number of fused-ring (bicyclic) bond motifs is 1. The highest BCUT2D eigenvalue weighted by atomic mass is 32.2. The molecule has 3 rings (SSSR count). The van der Waals surface area contributed by atoms with Gasteiger partial charge < -0.3 is 20.1 Å². The first-order valence-corrected chi connectivity index (χ1v) is 8.09. The van der Waals surface area contributed by atoms with E-state index in [0.29, 0.717) is 19.8 Å². The number of amides is 2. The molecule has 1 aromatic carbocycles. The van der Waals surface area contributed by atoms with E-state index < -0.39 is 0 Å². The second-order valence-electron chi connectivity index (χ2n) is 5.17. The van der Waals surface area contributed by atoms with E-state index in [4.69, 9.17) is 9.47 Å². The number of thioether (sulfide) groups is 1. The highest BCUT2D eigenvalue weighted by molar-refractivity contribution is 8.00. The lowest BCUT2D eigenvalue weighted by Gasteiger charge is -2.19. The molecule has 2 aliphatic heterocycles. The minimum absolute atomic E-state index is 0.0212. The van der Waals surface area contributed by atoms with Gasteiger partial charge >= 0.3 is 6.03 Å². The molecular formula is C15H19N3O3S. The number of nitrogens with zero attached hydrogens (tertiary/aromatic N) is 1. The van der Waals surface area contributed by atoms with E-state index in [1.54, 1.807) is 18.8 Å². The van der Waals surface area contributed by atoms with Crippen molar-refractivity contribution in [1.82, 2.24) is 10.6 Å². The molecule has 22 heavy (non-hydrogen) atoms. The Bertz CT molecular complexity index is 594. The van der Waals surface area contributed by atoms with Gasteiger partial charge in [-0.3, -0.25) is 4.99 Å². The van der Waals surface area contributed by atoms with Crippen LogP contribution in [0, 0.1) is 0 Å². The smallest absolute Gasteiger partial charge is 0.314 e. The number of carbonyl (C=O) groups excluding carboxylic acids is 1. The van der Waals surface area contributed by atoms with Gasteiger partial charge in [0.1, 0.15) is 5.75 Å². The first-order valence-electron chi connectivity index (χ1n) is 7.21. The fourth-order valence-corrected chi connectivity index (χ4v) is 3.94. The number of hydrogen-bond donors (Lipinski definition) is 2. The predicted octanol–water partition coefficient (Wildman–Crippen LogP) is 1.74. The monoisotopic (exact) mass is 321 g/mol. The predicted molar refractivity (Wildman–Crippen MR) is 86.7 cm³/mol. The van der Waals surface area contributed by atoms with Gasteiger partial charge in [-0.1, -0.05) is 0 Å². The standard InChI is InChI=1S/C15H19N3O3S/c1-16-14-9-5-6-21-11(9)3-4-12(14)22-13-8-20-7-10(13)18-15(19)17-2/h3-4,10,13H,1,5-8H2,2H3,(H2,17,18,19). The lowest BCUT2D eigenvalue weighted by molar-refractivity contribution is 0.189. The van der Waals surface area contributed by atoms with Crippen LogP contribution in [-0.4, -0.2) is 50.9 Å². The Morgan fingerprint density at radius 2 is 2.32 bits per heavy atom. The number of nitrogens with one attached hydrogen (secondary N) is 2. The summed E-state index contributed by atoms with van der Waals surface area (Å²) in [5.41, 5.74) is 2.01. The molecule has 118 valence electrons. The third-order valence-corrected chi connectivity index (χ3v) is 5.17. The molecule has 0 aliphatic carbocycles. The van der Waals surface area contributed by atoms with Crippen molar-refractivity contribution < 1.29 is 14.3 Å². The first kappa shape index (κ1) is 15.2. The molecule has 2 aliphatic rings. The van der Waals surface area contributed by atoms with Gasteiger partial charge in [0, 0.05) is 23.9 Å². The van der Waals surface area contributed by atoms with Gasteiger partial charge in [-0.05, 0) is 18.9 Å². The number of aliphatic imine (C=N–C) groups is 1. The summed E-state index contributed by atoms with van der Waals surface area (Å²) in [7, 11) is 1.60. The first-order chi connectivity index (χ1) is 10.7. The molecule has 0 spiro atoms. The molecule has 0 bridgehead atoms. The lowest BCUT2D eigenvalue weighted by atomic mass is 10.1. The van der Waals surface area contributed by atoms with Gasteiger partial charge in [0.25, 0.3) is 0 Å². The summed E-state index contributed by atoms with van der Waals surface area (Å²) < 4.78 is 11.1. The highest BCUT2D eigenvalue weighted by Gasteiger charge is 2.31. The van der Waals surface area contributed by atoms with Crippen molar-refractivity contribution in [1.29, 1.82) is 0 Å². The van der Waals surface area contributed by atoms with Gasteiger partial charge in [0.2, 0.25) is 0 Å². The van der Waals surface area contributed by atoms with E-state index in [2.05, 4.69) is 22.3 Å². The van der Waals surface area contributed by atoms with Crippen molar-refractivity contribution in [3.63, 3.8) is 0 Å². The summed E-state index contributed by atoms with van der Waals surface area (Å²) >= 11 is 1.67. The Labute approximate surface area is 133 Å². The van der Waals surface area contributed by atoms with Gasteiger partial charge in [0.15, 0.2) is 0 Å². The Kier molecular flexibility index (Phi) is 4.54. The molecule has 0 saturated carbocycles. The molecule has 2 heterocycles. The Morgan fingerprint density at radius 3 is 3.09 bits per heavy atom. The molecular weight excluding hydrogens is 302 g/mol. The van der Waals surface area contributed by atoms with E-state index >= 15 is 0 Å². The van der Waals surface area contributed by atoms with E-state index in [1.165, 1.54) is 0 Å². The third kappa shape index (κ3) is 2.91. The van der Waals surface area contributed by atoms with Crippen LogP contribution in [0.1, 0.15) is 5.56 Å². The van der Waals surface area contributed by atoms with Gasteiger partial charge in [-0.2, -0.15) is 0 Å². The Morgan fingerprint density at radius 1 is 1.45 bits per heavy atom. The maximum atomic E-state index is 11.5. The number of urea groups is 1. The average Bonchev–Trinajstić information content (AvgIpc) is 3.16. The zero-order valence-corrected chi connectivity index (χ0v) is 13.2. The fourth-order valence-electron chi connectivity index (χ4n) is 2.69. The van der Waals surface area contributed by atoms with Crippen molar-refractivity contribution in [3.8, 4) is 5.75 Å². The van der Waals surface area contributed by atoms with Crippen molar-refractivity contribution >= 4 is 30.2 Å². The van der Waals surface area contributed by atoms with E-state index in [-0.39, 0.29) is 17.3 Å². The molecule has 6 nitrogen and oxygen atoms in total. The largest absolute Gasteiger partial charge is 0.493 e. The molecule has 2 atom stereocenters. The van der Waals surface area contributed by atoms with Crippen molar-refractivity contribution in [2.24, 2.45) is 4.99 Å². The maximum absolute atomic E-state index is 11.5. The summed E-state index contributed by atoms with van der Waals surface area (Å²) in [4.78, 5) is 16.8. The number of rotatable bonds is 4. The van der Waals surface area contributed by atoms with Crippen LogP contribution in [-0.2, 0) is 11.2 Å². The van der Waals surface area contributed by atoms with Crippen molar-refractivity contribution in [2.75, 3.05) is 26.9 Å².